The first-order chi connectivity index (χ1) is 9.88. The van der Waals surface area contributed by atoms with E-state index in [2.05, 4.69) is 29.6 Å². The number of hydrogen-bond donors (Lipinski definition) is 2. The van der Waals surface area contributed by atoms with Crippen LogP contribution in [0.5, 0.6) is 0 Å². The second kappa shape index (κ2) is 5.99. The van der Waals surface area contributed by atoms with Crippen LogP contribution in [-0.4, -0.2) is 15.7 Å². The van der Waals surface area contributed by atoms with Gasteiger partial charge in [-0.3, -0.25) is 9.48 Å². The average molecular weight is 286 g/mol. The number of rotatable bonds is 4. The monoisotopic (exact) mass is 286 g/mol. The number of aryl methyl sites for hydroxylation is 2. The van der Waals surface area contributed by atoms with Crippen LogP contribution >= 0.6 is 0 Å². The van der Waals surface area contributed by atoms with Crippen molar-refractivity contribution in [3.05, 3.63) is 41.2 Å². The Morgan fingerprint density at radius 3 is 2.24 bits per heavy atom. The molecule has 0 saturated carbocycles. The van der Waals surface area contributed by atoms with Crippen molar-refractivity contribution in [3.8, 4) is 0 Å². The van der Waals surface area contributed by atoms with Gasteiger partial charge in [-0.05, 0) is 45.0 Å². The van der Waals surface area contributed by atoms with Gasteiger partial charge in [-0.1, -0.05) is 0 Å². The number of anilines is 2. The van der Waals surface area contributed by atoms with Crippen molar-refractivity contribution < 1.29 is 4.79 Å². The Morgan fingerprint density at radius 1 is 1.19 bits per heavy atom. The molecule has 0 radical (unpaired) electrons. The SMILES string of the molecule is CC(=O)Nc1ccc(NC(C)c2c(C)nn(C)c2C)cc1. The molecule has 112 valence electrons. The fourth-order valence-corrected chi connectivity index (χ4v) is 2.59. The Bertz CT molecular complexity index is 643. The van der Waals surface area contributed by atoms with Gasteiger partial charge < -0.3 is 10.6 Å². The second-order valence-corrected chi connectivity index (χ2v) is 5.33. The highest BCUT2D eigenvalue weighted by Gasteiger charge is 2.16. The molecule has 21 heavy (non-hydrogen) atoms. The Hall–Kier alpha value is -2.30. The van der Waals surface area contributed by atoms with Crippen molar-refractivity contribution in [1.82, 2.24) is 9.78 Å². The summed E-state index contributed by atoms with van der Waals surface area (Å²) in [4.78, 5) is 11.0. The van der Waals surface area contributed by atoms with Gasteiger partial charge in [-0.25, -0.2) is 0 Å². The van der Waals surface area contributed by atoms with E-state index < -0.39 is 0 Å². The van der Waals surface area contributed by atoms with E-state index in [1.807, 2.05) is 42.9 Å². The number of carbonyl (C=O) groups excluding carboxylic acids is 1. The van der Waals surface area contributed by atoms with Crippen LogP contribution in [-0.2, 0) is 11.8 Å². The molecule has 0 aliphatic rings. The Kier molecular flexibility index (Phi) is 4.31. The van der Waals surface area contributed by atoms with Gasteiger partial charge in [0.05, 0.1) is 11.7 Å². The van der Waals surface area contributed by atoms with Gasteiger partial charge >= 0.3 is 0 Å². The van der Waals surface area contributed by atoms with E-state index >= 15 is 0 Å². The van der Waals surface area contributed by atoms with Gasteiger partial charge in [0.25, 0.3) is 0 Å². The Morgan fingerprint density at radius 2 is 1.76 bits per heavy atom. The number of nitrogens with zero attached hydrogens (tertiary/aromatic N) is 2. The molecule has 0 aliphatic carbocycles. The molecule has 0 fully saturated rings. The van der Waals surface area contributed by atoms with Crippen molar-refractivity contribution in [1.29, 1.82) is 0 Å². The molecule has 2 N–H and O–H groups in total. The first-order valence-electron chi connectivity index (χ1n) is 7.02. The van der Waals surface area contributed by atoms with Gasteiger partial charge in [0, 0.05) is 36.6 Å². The third-order valence-electron chi connectivity index (χ3n) is 3.59. The zero-order valence-corrected chi connectivity index (χ0v) is 13.2. The molecule has 1 atom stereocenters. The molecule has 5 heteroatoms. The molecule has 1 aromatic carbocycles. The lowest BCUT2D eigenvalue weighted by Crippen LogP contribution is -2.09. The lowest BCUT2D eigenvalue weighted by Gasteiger charge is -2.16. The molecule has 2 aromatic rings. The standard InChI is InChI=1S/C16H22N4O/c1-10(16-11(2)19-20(5)12(16)3)17-14-6-8-15(9-7-14)18-13(4)21/h6-10,17H,1-5H3,(H,18,21). The number of benzene rings is 1. The molecule has 5 nitrogen and oxygen atoms in total. The lowest BCUT2D eigenvalue weighted by atomic mass is 10.1. The van der Waals surface area contributed by atoms with Gasteiger partial charge in [0.2, 0.25) is 5.91 Å². The molecule has 0 aliphatic heterocycles. The van der Waals surface area contributed by atoms with Crippen molar-refractivity contribution >= 4 is 17.3 Å². The number of hydrogen-bond acceptors (Lipinski definition) is 3. The summed E-state index contributed by atoms with van der Waals surface area (Å²) in [7, 11) is 1.96. The highest BCUT2D eigenvalue weighted by molar-refractivity contribution is 5.88. The van der Waals surface area contributed by atoms with Crippen molar-refractivity contribution in [2.24, 2.45) is 7.05 Å². The quantitative estimate of drug-likeness (QED) is 0.907. The largest absolute Gasteiger partial charge is 0.378 e. The highest BCUT2D eigenvalue weighted by Crippen LogP contribution is 2.25. The molecule has 1 unspecified atom stereocenters. The number of nitrogens with one attached hydrogen (secondary N) is 2. The zero-order chi connectivity index (χ0) is 15.6. The Balaban J connectivity index is 2.12. The average Bonchev–Trinajstić information content (AvgIpc) is 2.65. The van der Waals surface area contributed by atoms with Crippen LogP contribution in [0.3, 0.4) is 0 Å². The first kappa shape index (κ1) is 15.1. The van der Waals surface area contributed by atoms with Gasteiger partial charge in [-0.15, -0.1) is 0 Å². The zero-order valence-electron chi connectivity index (χ0n) is 13.2. The first-order valence-corrected chi connectivity index (χ1v) is 7.02. The Labute approximate surface area is 125 Å². The molecule has 1 heterocycles. The fraction of sp³-hybridized carbons (Fsp3) is 0.375. The summed E-state index contributed by atoms with van der Waals surface area (Å²) in [6.07, 6.45) is 0. The minimum absolute atomic E-state index is 0.0642. The van der Waals surface area contributed by atoms with E-state index in [4.69, 9.17) is 0 Å². The summed E-state index contributed by atoms with van der Waals surface area (Å²) in [6, 6.07) is 7.87. The van der Waals surface area contributed by atoms with E-state index in [0.717, 1.165) is 17.1 Å². The van der Waals surface area contributed by atoms with E-state index in [1.54, 1.807) is 0 Å². The summed E-state index contributed by atoms with van der Waals surface area (Å²) in [6.45, 7) is 7.73. The highest BCUT2D eigenvalue weighted by atomic mass is 16.1. The van der Waals surface area contributed by atoms with Gasteiger partial charge in [0.15, 0.2) is 0 Å². The van der Waals surface area contributed by atoms with Gasteiger partial charge in [0.1, 0.15) is 0 Å². The molecular formula is C16H22N4O. The van der Waals surface area contributed by atoms with Crippen LogP contribution in [0.4, 0.5) is 11.4 Å². The van der Waals surface area contributed by atoms with Crippen LogP contribution in [0.1, 0.15) is 36.8 Å². The minimum Gasteiger partial charge on any atom is -0.378 e. The molecular weight excluding hydrogens is 264 g/mol. The predicted molar refractivity (Wildman–Crippen MR) is 85.5 cm³/mol. The fourth-order valence-electron chi connectivity index (χ4n) is 2.59. The second-order valence-electron chi connectivity index (χ2n) is 5.33. The molecule has 1 amide bonds. The summed E-state index contributed by atoms with van der Waals surface area (Å²) < 4.78 is 1.91. The minimum atomic E-state index is -0.0642. The van der Waals surface area contributed by atoms with E-state index in [1.165, 1.54) is 18.2 Å². The van der Waals surface area contributed by atoms with Crippen LogP contribution in [0.2, 0.25) is 0 Å². The van der Waals surface area contributed by atoms with E-state index in [9.17, 15) is 4.79 Å². The third kappa shape index (κ3) is 3.42. The van der Waals surface area contributed by atoms with E-state index in [0.29, 0.717) is 0 Å². The maximum absolute atomic E-state index is 11.0. The van der Waals surface area contributed by atoms with Crippen LogP contribution < -0.4 is 10.6 Å². The van der Waals surface area contributed by atoms with Crippen molar-refractivity contribution in [2.75, 3.05) is 10.6 Å². The smallest absolute Gasteiger partial charge is 0.221 e. The molecule has 0 spiro atoms. The molecule has 0 bridgehead atoms. The van der Waals surface area contributed by atoms with Crippen LogP contribution in [0, 0.1) is 13.8 Å². The maximum Gasteiger partial charge on any atom is 0.221 e. The molecule has 1 aromatic heterocycles. The maximum atomic E-state index is 11.0. The topological polar surface area (TPSA) is 59.0 Å². The summed E-state index contributed by atoms with van der Waals surface area (Å²) >= 11 is 0. The number of aromatic nitrogens is 2. The summed E-state index contributed by atoms with van der Waals surface area (Å²) in [5.74, 6) is -0.0642. The number of carbonyl (C=O) groups is 1. The molecule has 2 rings (SSSR count). The van der Waals surface area contributed by atoms with Crippen molar-refractivity contribution in [2.45, 2.75) is 33.7 Å². The summed E-state index contributed by atoms with van der Waals surface area (Å²) in [5, 5.41) is 10.7. The number of amides is 1. The van der Waals surface area contributed by atoms with Crippen LogP contribution in [0.15, 0.2) is 24.3 Å². The van der Waals surface area contributed by atoms with Gasteiger partial charge in [-0.2, -0.15) is 5.10 Å². The predicted octanol–water partition coefficient (Wildman–Crippen LogP) is 3.17. The normalized spacial score (nSPS) is 12.0. The molecule has 0 saturated heterocycles. The third-order valence-corrected chi connectivity index (χ3v) is 3.59. The van der Waals surface area contributed by atoms with E-state index in [-0.39, 0.29) is 11.9 Å². The lowest BCUT2D eigenvalue weighted by molar-refractivity contribution is -0.114. The van der Waals surface area contributed by atoms with Crippen molar-refractivity contribution in [3.63, 3.8) is 0 Å². The van der Waals surface area contributed by atoms with Crippen LogP contribution in [0.25, 0.3) is 0 Å². The summed E-state index contributed by atoms with van der Waals surface area (Å²) in [5.41, 5.74) is 5.25.